The summed E-state index contributed by atoms with van der Waals surface area (Å²) in [6.45, 7) is 2.79. The Hall–Kier alpha value is -1.82. The van der Waals surface area contributed by atoms with E-state index in [-0.39, 0.29) is 22.5 Å². The predicted molar refractivity (Wildman–Crippen MR) is 69.6 cm³/mol. The first-order valence-corrected chi connectivity index (χ1v) is 5.83. The minimum Gasteiger partial charge on any atom is -0.478 e. The van der Waals surface area contributed by atoms with Crippen molar-refractivity contribution < 1.29 is 19.4 Å². The van der Waals surface area contributed by atoms with Gasteiger partial charge in [0.05, 0.1) is 0 Å². The summed E-state index contributed by atoms with van der Waals surface area (Å²) in [6.07, 6.45) is 0. The van der Waals surface area contributed by atoms with Crippen LogP contribution in [-0.2, 0) is 4.79 Å². The van der Waals surface area contributed by atoms with Gasteiger partial charge in [0, 0.05) is 14.1 Å². The van der Waals surface area contributed by atoms with Crippen LogP contribution in [0.2, 0.25) is 5.15 Å². The third-order valence-electron chi connectivity index (χ3n) is 2.32. The van der Waals surface area contributed by atoms with E-state index in [9.17, 15) is 9.59 Å². The summed E-state index contributed by atoms with van der Waals surface area (Å²) in [5.74, 6) is -1.31. The minimum absolute atomic E-state index is 0.0537. The Bertz CT molecular complexity index is 514. The molecular weight excluding hydrogens is 272 g/mol. The average molecular weight is 287 g/mol. The lowest BCUT2D eigenvalue weighted by Crippen LogP contribution is -2.38. The molecule has 1 aromatic heterocycles. The number of aromatic nitrogens is 1. The number of halogens is 1. The van der Waals surface area contributed by atoms with Crippen molar-refractivity contribution in [2.45, 2.75) is 19.4 Å². The summed E-state index contributed by atoms with van der Waals surface area (Å²) in [5, 5.41) is 8.91. The molecule has 0 spiro atoms. The van der Waals surface area contributed by atoms with Crippen LogP contribution in [0, 0.1) is 0 Å². The Morgan fingerprint density at radius 3 is 2.37 bits per heavy atom. The first-order valence-electron chi connectivity index (χ1n) is 5.46. The largest absolute Gasteiger partial charge is 0.478 e. The van der Waals surface area contributed by atoms with Gasteiger partial charge >= 0.3 is 5.97 Å². The molecule has 0 saturated carbocycles. The lowest BCUT2D eigenvalue weighted by atomic mass is 10.1. The molecule has 0 atom stereocenters. The molecule has 1 rings (SSSR count). The molecule has 19 heavy (non-hydrogen) atoms. The Morgan fingerprint density at radius 1 is 1.37 bits per heavy atom. The molecule has 0 aliphatic rings. The highest BCUT2D eigenvalue weighted by molar-refractivity contribution is 6.31. The van der Waals surface area contributed by atoms with Crippen LogP contribution in [-0.4, -0.2) is 46.6 Å². The molecule has 1 aromatic rings. The standard InChI is InChI=1S/C12H15ClN2O4/c1-12(2,11(17)18)19-8-6-5-7(14-9(8)13)10(16)15(3)4/h5-6H,1-4H3,(H,17,18). The SMILES string of the molecule is CN(C)C(=O)c1ccc(OC(C)(C)C(=O)O)c(Cl)n1. The van der Waals surface area contributed by atoms with Crippen LogP contribution in [0.15, 0.2) is 12.1 Å². The normalized spacial score (nSPS) is 11.0. The molecule has 0 aromatic carbocycles. The van der Waals surface area contributed by atoms with Crippen molar-refractivity contribution >= 4 is 23.5 Å². The zero-order valence-electron chi connectivity index (χ0n) is 11.1. The molecule has 0 aliphatic carbocycles. The lowest BCUT2D eigenvalue weighted by molar-refractivity contribution is -0.152. The van der Waals surface area contributed by atoms with Crippen molar-refractivity contribution in [1.29, 1.82) is 0 Å². The number of carbonyl (C=O) groups excluding carboxylic acids is 1. The minimum atomic E-state index is -1.43. The van der Waals surface area contributed by atoms with Crippen LogP contribution in [0.4, 0.5) is 0 Å². The summed E-state index contributed by atoms with van der Waals surface area (Å²) in [7, 11) is 3.19. The fraction of sp³-hybridized carbons (Fsp3) is 0.417. The summed E-state index contributed by atoms with van der Waals surface area (Å²) in [6, 6.07) is 2.86. The third kappa shape index (κ3) is 3.57. The van der Waals surface area contributed by atoms with E-state index < -0.39 is 11.6 Å². The van der Waals surface area contributed by atoms with Gasteiger partial charge in [0.2, 0.25) is 0 Å². The van der Waals surface area contributed by atoms with E-state index in [0.717, 1.165) is 0 Å². The van der Waals surface area contributed by atoms with Crippen molar-refractivity contribution in [2.75, 3.05) is 14.1 Å². The van der Waals surface area contributed by atoms with E-state index in [1.165, 1.54) is 30.9 Å². The zero-order valence-corrected chi connectivity index (χ0v) is 11.9. The zero-order chi connectivity index (χ0) is 14.8. The molecule has 0 bridgehead atoms. The Balaban J connectivity index is 3.02. The van der Waals surface area contributed by atoms with Crippen molar-refractivity contribution in [1.82, 2.24) is 9.88 Å². The van der Waals surface area contributed by atoms with Crippen LogP contribution in [0.5, 0.6) is 5.75 Å². The summed E-state index contributed by atoms with van der Waals surface area (Å²) < 4.78 is 5.27. The van der Waals surface area contributed by atoms with Gasteiger partial charge in [-0.05, 0) is 26.0 Å². The van der Waals surface area contributed by atoms with Gasteiger partial charge in [-0.1, -0.05) is 11.6 Å². The highest BCUT2D eigenvalue weighted by Crippen LogP contribution is 2.26. The van der Waals surface area contributed by atoms with Gasteiger partial charge in [-0.2, -0.15) is 0 Å². The number of ether oxygens (including phenoxy) is 1. The average Bonchev–Trinajstić information content (AvgIpc) is 2.30. The summed E-state index contributed by atoms with van der Waals surface area (Å²) in [5.41, 5.74) is -1.27. The number of nitrogens with zero attached hydrogens (tertiary/aromatic N) is 2. The van der Waals surface area contributed by atoms with Crippen LogP contribution < -0.4 is 4.74 Å². The topological polar surface area (TPSA) is 79.7 Å². The number of aliphatic carboxylic acids is 1. The van der Waals surface area contributed by atoms with E-state index in [1.807, 2.05) is 0 Å². The Labute approximate surface area is 115 Å². The lowest BCUT2D eigenvalue weighted by Gasteiger charge is -2.22. The second kappa shape index (κ2) is 5.44. The van der Waals surface area contributed by atoms with Crippen molar-refractivity contribution in [3.8, 4) is 5.75 Å². The van der Waals surface area contributed by atoms with Gasteiger partial charge in [0.25, 0.3) is 5.91 Å². The molecule has 6 nitrogen and oxygen atoms in total. The van der Waals surface area contributed by atoms with Gasteiger partial charge in [-0.15, -0.1) is 0 Å². The number of rotatable bonds is 4. The molecule has 0 saturated heterocycles. The number of pyridine rings is 1. The molecular formula is C12H15ClN2O4. The van der Waals surface area contributed by atoms with Crippen molar-refractivity contribution in [3.63, 3.8) is 0 Å². The summed E-state index contributed by atoms with van der Waals surface area (Å²) in [4.78, 5) is 27.9. The monoisotopic (exact) mass is 286 g/mol. The van der Waals surface area contributed by atoms with E-state index in [1.54, 1.807) is 14.1 Å². The predicted octanol–water partition coefficient (Wildman–Crippen LogP) is 1.68. The molecule has 1 amide bonds. The second-order valence-electron chi connectivity index (χ2n) is 4.60. The number of carboxylic acid groups (broad SMARTS) is 1. The number of carbonyl (C=O) groups is 2. The molecule has 0 aliphatic heterocycles. The van der Waals surface area contributed by atoms with Crippen molar-refractivity contribution in [3.05, 3.63) is 23.0 Å². The fourth-order valence-electron chi connectivity index (χ4n) is 1.16. The van der Waals surface area contributed by atoms with Crippen LogP contribution in [0.25, 0.3) is 0 Å². The van der Waals surface area contributed by atoms with E-state index in [4.69, 9.17) is 21.4 Å². The first kappa shape index (κ1) is 15.2. The van der Waals surface area contributed by atoms with E-state index in [0.29, 0.717) is 0 Å². The van der Waals surface area contributed by atoms with E-state index in [2.05, 4.69) is 4.98 Å². The molecule has 104 valence electrons. The number of hydrogen-bond donors (Lipinski definition) is 1. The maximum atomic E-state index is 11.7. The highest BCUT2D eigenvalue weighted by Gasteiger charge is 2.30. The van der Waals surface area contributed by atoms with Crippen LogP contribution in [0.3, 0.4) is 0 Å². The molecule has 1 heterocycles. The first-order chi connectivity index (χ1) is 8.65. The van der Waals surface area contributed by atoms with Crippen molar-refractivity contribution in [2.24, 2.45) is 0 Å². The number of amides is 1. The summed E-state index contributed by atoms with van der Waals surface area (Å²) >= 11 is 5.89. The van der Waals surface area contributed by atoms with E-state index >= 15 is 0 Å². The maximum Gasteiger partial charge on any atom is 0.347 e. The molecule has 0 fully saturated rings. The number of hydrogen-bond acceptors (Lipinski definition) is 4. The van der Waals surface area contributed by atoms with Crippen LogP contribution >= 0.6 is 11.6 Å². The third-order valence-corrected chi connectivity index (χ3v) is 2.59. The maximum absolute atomic E-state index is 11.7. The van der Waals surface area contributed by atoms with Gasteiger partial charge < -0.3 is 14.7 Å². The Kier molecular flexibility index (Phi) is 4.36. The fourth-order valence-corrected chi connectivity index (χ4v) is 1.36. The van der Waals surface area contributed by atoms with Gasteiger partial charge in [-0.25, -0.2) is 9.78 Å². The highest BCUT2D eigenvalue weighted by atomic mass is 35.5. The second-order valence-corrected chi connectivity index (χ2v) is 4.96. The number of carboxylic acids is 1. The molecule has 0 unspecified atom stereocenters. The van der Waals surface area contributed by atoms with Gasteiger partial charge in [-0.3, -0.25) is 4.79 Å². The smallest absolute Gasteiger partial charge is 0.347 e. The quantitative estimate of drug-likeness (QED) is 0.852. The van der Waals surface area contributed by atoms with Gasteiger partial charge in [0.1, 0.15) is 5.69 Å². The Morgan fingerprint density at radius 2 is 1.95 bits per heavy atom. The molecule has 7 heteroatoms. The molecule has 1 N–H and O–H groups in total. The molecule has 0 radical (unpaired) electrons. The van der Waals surface area contributed by atoms with Gasteiger partial charge in [0.15, 0.2) is 16.5 Å². The van der Waals surface area contributed by atoms with Crippen LogP contribution in [0.1, 0.15) is 24.3 Å².